The summed E-state index contributed by atoms with van der Waals surface area (Å²) < 4.78 is 16.3. The summed E-state index contributed by atoms with van der Waals surface area (Å²) >= 11 is 0. The van der Waals surface area contributed by atoms with Gasteiger partial charge >= 0.3 is 0 Å². The van der Waals surface area contributed by atoms with Gasteiger partial charge < -0.3 is 19.1 Å². The Hall–Kier alpha value is -3.21. The lowest BCUT2D eigenvalue weighted by Crippen LogP contribution is -2.40. The maximum Gasteiger partial charge on any atom is 0.255 e. The Labute approximate surface area is 176 Å². The van der Waals surface area contributed by atoms with E-state index in [2.05, 4.69) is 0 Å². The maximum atomic E-state index is 13.3. The molecular formula is C23H26N2O5. The minimum atomic E-state index is -0.663. The van der Waals surface area contributed by atoms with Crippen LogP contribution in [0.15, 0.2) is 48.5 Å². The highest BCUT2D eigenvalue weighted by Crippen LogP contribution is 2.23. The molecule has 0 radical (unpaired) electrons. The molecule has 30 heavy (non-hydrogen) atoms. The number of nitrogens with zero attached hydrogens (tertiary/aromatic N) is 2. The molecule has 2 rings (SSSR count). The van der Waals surface area contributed by atoms with E-state index in [1.54, 1.807) is 30.3 Å². The zero-order valence-corrected chi connectivity index (χ0v) is 17.5. The van der Waals surface area contributed by atoms with Crippen molar-refractivity contribution in [3.8, 4) is 11.8 Å². The van der Waals surface area contributed by atoms with Gasteiger partial charge in [-0.25, -0.2) is 0 Å². The van der Waals surface area contributed by atoms with Crippen LogP contribution in [0.5, 0.6) is 5.75 Å². The van der Waals surface area contributed by atoms with Crippen molar-refractivity contribution < 1.29 is 23.8 Å². The predicted octanol–water partition coefficient (Wildman–Crippen LogP) is 3.29. The number of carbonyl (C=O) groups is 2. The highest BCUT2D eigenvalue weighted by atomic mass is 16.7. The number of ketones is 1. The Bertz CT molecular complexity index is 886. The van der Waals surface area contributed by atoms with Crippen molar-refractivity contribution >= 4 is 11.7 Å². The van der Waals surface area contributed by atoms with E-state index in [0.29, 0.717) is 24.5 Å². The van der Waals surface area contributed by atoms with E-state index in [-0.39, 0.29) is 30.0 Å². The molecule has 0 atom stereocenters. The Balaban J connectivity index is 2.42. The first-order valence-corrected chi connectivity index (χ1v) is 9.72. The third kappa shape index (κ3) is 5.89. The number of hydrogen-bond acceptors (Lipinski definition) is 6. The van der Waals surface area contributed by atoms with Crippen LogP contribution >= 0.6 is 0 Å². The Morgan fingerprint density at radius 1 is 1.03 bits per heavy atom. The summed E-state index contributed by atoms with van der Waals surface area (Å²) in [6.45, 7) is 4.35. The second kappa shape index (κ2) is 11.7. The van der Waals surface area contributed by atoms with Gasteiger partial charge in [0.25, 0.3) is 5.91 Å². The van der Waals surface area contributed by atoms with Gasteiger partial charge in [0.1, 0.15) is 12.3 Å². The molecule has 0 unspecified atom stereocenters. The molecule has 2 aromatic carbocycles. The van der Waals surface area contributed by atoms with E-state index in [1.807, 2.05) is 26.0 Å². The molecular weight excluding hydrogens is 384 g/mol. The van der Waals surface area contributed by atoms with Gasteiger partial charge in [-0.3, -0.25) is 9.59 Å². The number of amides is 1. The number of carbonyl (C=O) groups excluding carboxylic acids is 2. The fraction of sp³-hybridized carbons (Fsp3) is 0.348. The van der Waals surface area contributed by atoms with Crippen molar-refractivity contribution in [2.24, 2.45) is 0 Å². The van der Waals surface area contributed by atoms with Crippen LogP contribution in [0.25, 0.3) is 0 Å². The second-order valence-corrected chi connectivity index (χ2v) is 6.29. The molecule has 0 aliphatic carbocycles. The molecule has 0 fully saturated rings. The van der Waals surface area contributed by atoms with Crippen molar-refractivity contribution in [3.05, 3.63) is 65.2 Å². The van der Waals surface area contributed by atoms with Gasteiger partial charge in [0.15, 0.2) is 12.1 Å². The summed E-state index contributed by atoms with van der Waals surface area (Å²) in [6.07, 6.45) is -0.663. The number of nitriles is 1. The zero-order valence-electron chi connectivity index (χ0n) is 17.5. The molecule has 0 aromatic heterocycles. The molecule has 0 bridgehead atoms. The molecule has 7 nitrogen and oxygen atoms in total. The molecule has 0 spiro atoms. The summed E-state index contributed by atoms with van der Waals surface area (Å²) in [5.41, 5.74) is 0.845. The van der Waals surface area contributed by atoms with Crippen LogP contribution in [0.3, 0.4) is 0 Å². The van der Waals surface area contributed by atoms with Crippen LogP contribution in [0, 0.1) is 11.3 Å². The second-order valence-electron chi connectivity index (χ2n) is 6.29. The van der Waals surface area contributed by atoms with E-state index in [0.717, 1.165) is 0 Å². The molecule has 0 heterocycles. The van der Waals surface area contributed by atoms with Crippen LogP contribution in [0.4, 0.5) is 0 Å². The van der Waals surface area contributed by atoms with Crippen molar-refractivity contribution in [2.75, 3.05) is 33.4 Å². The molecule has 7 heteroatoms. The first-order valence-electron chi connectivity index (χ1n) is 9.72. The number of rotatable bonds is 11. The lowest BCUT2D eigenvalue weighted by atomic mass is 9.97. The smallest absolute Gasteiger partial charge is 0.255 e. The fourth-order valence-corrected chi connectivity index (χ4v) is 2.95. The summed E-state index contributed by atoms with van der Waals surface area (Å²) in [5, 5.41) is 9.23. The van der Waals surface area contributed by atoms with Gasteiger partial charge in [-0.05, 0) is 32.0 Å². The summed E-state index contributed by atoms with van der Waals surface area (Å²) in [6, 6.07) is 15.4. The molecule has 0 aliphatic heterocycles. The van der Waals surface area contributed by atoms with Crippen LogP contribution in [-0.2, 0) is 9.47 Å². The Morgan fingerprint density at radius 2 is 1.70 bits per heavy atom. The summed E-state index contributed by atoms with van der Waals surface area (Å²) in [4.78, 5) is 27.7. The lowest BCUT2D eigenvalue weighted by Gasteiger charge is -2.26. The summed E-state index contributed by atoms with van der Waals surface area (Å²) in [5.74, 6) is -0.303. The highest BCUT2D eigenvalue weighted by Gasteiger charge is 2.26. The van der Waals surface area contributed by atoms with E-state index < -0.39 is 12.2 Å². The quantitative estimate of drug-likeness (QED) is 0.321. The van der Waals surface area contributed by atoms with Crippen LogP contribution in [0.2, 0.25) is 0 Å². The predicted molar refractivity (Wildman–Crippen MR) is 111 cm³/mol. The third-order valence-electron chi connectivity index (χ3n) is 4.36. The van der Waals surface area contributed by atoms with Gasteiger partial charge in [-0.1, -0.05) is 30.3 Å². The standard InChI is InChI=1S/C23H26N2O5/c1-4-29-21(30-5-2)16-25(14-13-24)23(27)19-12-11-18(28-3)15-20(19)22(26)17-9-7-6-8-10-17/h6-12,15,21H,4-5,14,16H2,1-3H3. The third-order valence-corrected chi connectivity index (χ3v) is 4.36. The largest absolute Gasteiger partial charge is 0.497 e. The minimum absolute atomic E-state index is 0.0685. The first kappa shape index (κ1) is 23.1. The average Bonchev–Trinajstić information content (AvgIpc) is 2.78. The van der Waals surface area contributed by atoms with E-state index in [4.69, 9.17) is 14.2 Å². The highest BCUT2D eigenvalue weighted by molar-refractivity contribution is 6.15. The normalized spacial score (nSPS) is 10.5. The Morgan fingerprint density at radius 3 is 2.27 bits per heavy atom. The number of benzene rings is 2. The molecule has 2 aromatic rings. The van der Waals surface area contributed by atoms with Gasteiger partial charge in [-0.15, -0.1) is 0 Å². The van der Waals surface area contributed by atoms with Crippen LogP contribution < -0.4 is 4.74 Å². The van der Waals surface area contributed by atoms with E-state index in [1.165, 1.54) is 24.1 Å². The van der Waals surface area contributed by atoms with Crippen molar-refractivity contribution in [1.29, 1.82) is 5.26 Å². The molecule has 0 saturated heterocycles. The monoisotopic (exact) mass is 410 g/mol. The van der Waals surface area contributed by atoms with Crippen LogP contribution in [0.1, 0.15) is 40.1 Å². The van der Waals surface area contributed by atoms with E-state index >= 15 is 0 Å². The summed E-state index contributed by atoms with van der Waals surface area (Å²) in [7, 11) is 1.49. The number of ether oxygens (including phenoxy) is 3. The fourth-order valence-electron chi connectivity index (χ4n) is 2.95. The topological polar surface area (TPSA) is 88.9 Å². The lowest BCUT2D eigenvalue weighted by molar-refractivity contribution is -0.142. The molecule has 0 N–H and O–H groups in total. The van der Waals surface area contributed by atoms with Gasteiger partial charge in [0.2, 0.25) is 0 Å². The van der Waals surface area contributed by atoms with Gasteiger partial charge in [-0.2, -0.15) is 5.26 Å². The van der Waals surface area contributed by atoms with E-state index in [9.17, 15) is 14.9 Å². The van der Waals surface area contributed by atoms with Crippen molar-refractivity contribution in [3.63, 3.8) is 0 Å². The van der Waals surface area contributed by atoms with Crippen LogP contribution in [-0.4, -0.2) is 56.3 Å². The zero-order chi connectivity index (χ0) is 21.9. The molecule has 1 amide bonds. The average molecular weight is 410 g/mol. The first-order chi connectivity index (χ1) is 14.5. The molecule has 158 valence electrons. The van der Waals surface area contributed by atoms with Crippen molar-refractivity contribution in [2.45, 2.75) is 20.1 Å². The van der Waals surface area contributed by atoms with Crippen molar-refractivity contribution in [1.82, 2.24) is 4.90 Å². The Kier molecular flexibility index (Phi) is 9.01. The van der Waals surface area contributed by atoms with Gasteiger partial charge in [0, 0.05) is 24.3 Å². The molecule has 0 saturated carbocycles. The minimum Gasteiger partial charge on any atom is -0.497 e. The number of methoxy groups -OCH3 is 1. The van der Waals surface area contributed by atoms with Gasteiger partial charge in [0.05, 0.1) is 25.3 Å². The number of hydrogen-bond donors (Lipinski definition) is 0. The maximum absolute atomic E-state index is 13.3. The SMILES string of the molecule is CCOC(CN(CC#N)C(=O)c1ccc(OC)cc1C(=O)c1ccccc1)OCC. The molecule has 0 aliphatic rings.